The maximum atomic E-state index is 11.7. The first kappa shape index (κ1) is 13.5. The van der Waals surface area contributed by atoms with Crippen LogP contribution in [0.15, 0.2) is 0 Å². The zero-order valence-corrected chi connectivity index (χ0v) is 10.3. The molecule has 4 nitrogen and oxygen atoms in total. The molecule has 1 aliphatic carbocycles. The normalized spacial score (nSPS) is 17.8. The van der Waals surface area contributed by atoms with Gasteiger partial charge in [-0.05, 0) is 31.6 Å². The van der Waals surface area contributed by atoms with Crippen LogP contribution < -0.4 is 0 Å². The van der Waals surface area contributed by atoms with Crippen LogP contribution in [0.25, 0.3) is 0 Å². The first-order valence-corrected chi connectivity index (χ1v) is 7.74. The summed E-state index contributed by atoms with van der Waals surface area (Å²) in [5, 5.41) is 8.42. The third-order valence-electron chi connectivity index (χ3n) is 3.06. The molecule has 0 aromatic rings. The smallest absolute Gasteiger partial charge is 0.303 e. The van der Waals surface area contributed by atoms with Gasteiger partial charge in [0, 0.05) is 6.42 Å². The zero-order chi connectivity index (χ0) is 12.0. The predicted molar refractivity (Wildman–Crippen MR) is 62.1 cm³/mol. The maximum Gasteiger partial charge on any atom is 0.303 e. The Balaban J connectivity index is 2.20. The van der Waals surface area contributed by atoms with Crippen molar-refractivity contribution in [2.45, 2.75) is 44.9 Å². The molecule has 1 rings (SSSR count). The fourth-order valence-electron chi connectivity index (χ4n) is 2.22. The van der Waals surface area contributed by atoms with Gasteiger partial charge in [-0.2, -0.15) is 0 Å². The molecule has 0 bridgehead atoms. The summed E-state index contributed by atoms with van der Waals surface area (Å²) in [6, 6.07) is 0. The number of sulfone groups is 1. The highest BCUT2D eigenvalue weighted by atomic mass is 32.2. The molecule has 0 radical (unpaired) electrons. The summed E-state index contributed by atoms with van der Waals surface area (Å²) in [6.07, 6.45) is 5.38. The minimum Gasteiger partial charge on any atom is -0.481 e. The Morgan fingerprint density at radius 2 is 1.81 bits per heavy atom. The molecule has 0 aromatic carbocycles. The monoisotopic (exact) mass is 248 g/mol. The fourth-order valence-corrected chi connectivity index (χ4v) is 4.08. The number of unbranched alkanes of at least 4 members (excludes halogenated alkanes) is 1. The van der Waals surface area contributed by atoms with E-state index in [1.54, 1.807) is 0 Å². The lowest BCUT2D eigenvalue weighted by Crippen LogP contribution is -2.17. The van der Waals surface area contributed by atoms with Crippen LogP contribution in [0, 0.1) is 5.92 Å². The van der Waals surface area contributed by atoms with Crippen LogP contribution in [0.2, 0.25) is 0 Å². The molecule has 94 valence electrons. The van der Waals surface area contributed by atoms with Crippen molar-refractivity contribution in [3.05, 3.63) is 0 Å². The predicted octanol–water partition coefficient (Wildman–Crippen LogP) is 1.85. The van der Waals surface area contributed by atoms with E-state index < -0.39 is 15.8 Å². The van der Waals surface area contributed by atoms with Gasteiger partial charge in [0.1, 0.15) is 0 Å². The molecular weight excluding hydrogens is 228 g/mol. The molecule has 1 saturated carbocycles. The highest BCUT2D eigenvalue weighted by Gasteiger charge is 2.22. The number of hydrogen-bond donors (Lipinski definition) is 1. The van der Waals surface area contributed by atoms with E-state index in [1.165, 1.54) is 0 Å². The SMILES string of the molecule is O=C(O)CCCCS(=O)(=O)CC1CCCC1. The van der Waals surface area contributed by atoms with E-state index in [9.17, 15) is 13.2 Å². The van der Waals surface area contributed by atoms with Crippen molar-refractivity contribution in [3.63, 3.8) is 0 Å². The van der Waals surface area contributed by atoms with Gasteiger partial charge in [0.15, 0.2) is 9.84 Å². The van der Waals surface area contributed by atoms with Crippen molar-refractivity contribution >= 4 is 15.8 Å². The number of rotatable bonds is 7. The Hall–Kier alpha value is -0.580. The minimum atomic E-state index is -2.96. The Morgan fingerprint density at radius 3 is 2.38 bits per heavy atom. The largest absolute Gasteiger partial charge is 0.481 e. The maximum absolute atomic E-state index is 11.7. The molecule has 1 N–H and O–H groups in total. The van der Waals surface area contributed by atoms with Gasteiger partial charge in [0.05, 0.1) is 11.5 Å². The summed E-state index contributed by atoms with van der Waals surface area (Å²) in [4.78, 5) is 10.3. The molecular formula is C11H20O4S. The van der Waals surface area contributed by atoms with Crippen LogP contribution in [-0.4, -0.2) is 31.0 Å². The van der Waals surface area contributed by atoms with E-state index in [2.05, 4.69) is 0 Å². The van der Waals surface area contributed by atoms with Crippen molar-refractivity contribution in [3.8, 4) is 0 Å². The first-order valence-electron chi connectivity index (χ1n) is 5.92. The van der Waals surface area contributed by atoms with Crippen LogP contribution in [0.4, 0.5) is 0 Å². The summed E-state index contributed by atoms with van der Waals surface area (Å²) in [5.41, 5.74) is 0. The molecule has 0 amide bonds. The van der Waals surface area contributed by atoms with Crippen molar-refractivity contribution < 1.29 is 18.3 Å². The number of hydrogen-bond acceptors (Lipinski definition) is 3. The molecule has 0 aromatic heterocycles. The molecule has 16 heavy (non-hydrogen) atoms. The fraction of sp³-hybridized carbons (Fsp3) is 0.909. The standard InChI is InChI=1S/C11H20O4S/c12-11(13)7-3-4-8-16(14,15)9-10-5-1-2-6-10/h10H,1-9H2,(H,12,13). The Bertz CT molecular complexity index is 315. The topological polar surface area (TPSA) is 71.4 Å². The van der Waals surface area contributed by atoms with Crippen molar-refractivity contribution in [2.24, 2.45) is 5.92 Å². The molecule has 1 aliphatic rings. The van der Waals surface area contributed by atoms with E-state index in [4.69, 9.17) is 5.11 Å². The quantitative estimate of drug-likeness (QED) is 0.698. The Labute approximate surface area is 97.0 Å². The lowest BCUT2D eigenvalue weighted by molar-refractivity contribution is -0.137. The third kappa shape index (κ3) is 5.49. The van der Waals surface area contributed by atoms with Crippen LogP contribution in [0.3, 0.4) is 0 Å². The second-order valence-electron chi connectivity index (χ2n) is 4.62. The highest BCUT2D eigenvalue weighted by molar-refractivity contribution is 7.91. The zero-order valence-electron chi connectivity index (χ0n) is 9.52. The second-order valence-corrected chi connectivity index (χ2v) is 6.84. The molecule has 0 atom stereocenters. The number of carbonyl (C=O) groups is 1. The highest BCUT2D eigenvalue weighted by Crippen LogP contribution is 2.26. The summed E-state index contributed by atoms with van der Waals surface area (Å²) in [6.45, 7) is 0. The summed E-state index contributed by atoms with van der Waals surface area (Å²) in [7, 11) is -2.96. The van der Waals surface area contributed by atoms with Gasteiger partial charge in [-0.3, -0.25) is 4.79 Å². The Kier molecular flexibility index (Phi) is 5.25. The molecule has 0 spiro atoms. The summed E-state index contributed by atoms with van der Waals surface area (Å²) in [5.74, 6) is -0.0470. The summed E-state index contributed by atoms with van der Waals surface area (Å²) >= 11 is 0. The van der Waals surface area contributed by atoms with Gasteiger partial charge in [-0.15, -0.1) is 0 Å². The molecule has 5 heteroatoms. The van der Waals surface area contributed by atoms with E-state index >= 15 is 0 Å². The Morgan fingerprint density at radius 1 is 1.19 bits per heavy atom. The average Bonchev–Trinajstić information content (AvgIpc) is 2.64. The molecule has 1 fully saturated rings. The second kappa shape index (κ2) is 6.23. The van der Waals surface area contributed by atoms with Crippen LogP contribution >= 0.6 is 0 Å². The van der Waals surface area contributed by atoms with Gasteiger partial charge >= 0.3 is 5.97 Å². The van der Waals surface area contributed by atoms with Crippen molar-refractivity contribution in [1.29, 1.82) is 0 Å². The average molecular weight is 248 g/mol. The lowest BCUT2D eigenvalue weighted by Gasteiger charge is -2.09. The molecule has 0 saturated heterocycles. The van der Waals surface area contributed by atoms with Gasteiger partial charge < -0.3 is 5.11 Å². The van der Waals surface area contributed by atoms with Gasteiger partial charge in [-0.25, -0.2) is 8.42 Å². The molecule has 0 heterocycles. The number of carboxylic acid groups (broad SMARTS) is 1. The molecule has 0 aliphatic heterocycles. The van der Waals surface area contributed by atoms with Gasteiger partial charge in [-0.1, -0.05) is 12.8 Å². The van der Waals surface area contributed by atoms with Crippen LogP contribution in [-0.2, 0) is 14.6 Å². The number of aliphatic carboxylic acids is 1. The van der Waals surface area contributed by atoms with E-state index in [1.807, 2.05) is 0 Å². The summed E-state index contributed by atoms with van der Waals surface area (Å²) < 4.78 is 23.4. The van der Waals surface area contributed by atoms with Gasteiger partial charge in [0.25, 0.3) is 0 Å². The first-order chi connectivity index (χ1) is 7.49. The third-order valence-corrected chi connectivity index (χ3v) is 4.95. The van der Waals surface area contributed by atoms with Crippen molar-refractivity contribution in [1.82, 2.24) is 0 Å². The van der Waals surface area contributed by atoms with Crippen LogP contribution in [0.1, 0.15) is 44.9 Å². The van der Waals surface area contributed by atoms with Crippen molar-refractivity contribution in [2.75, 3.05) is 11.5 Å². The van der Waals surface area contributed by atoms with E-state index in [0.717, 1.165) is 25.7 Å². The van der Waals surface area contributed by atoms with E-state index in [0.29, 0.717) is 24.5 Å². The lowest BCUT2D eigenvalue weighted by atomic mass is 10.1. The number of carboxylic acids is 1. The van der Waals surface area contributed by atoms with E-state index in [-0.39, 0.29) is 12.2 Å². The molecule has 0 unspecified atom stereocenters. The van der Waals surface area contributed by atoms with Crippen LogP contribution in [0.5, 0.6) is 0 Å². The minimum absolute atomic E-state index is 0.0684. The van der Waals surface area contributed by atoms with Gasteiger partial charge in [0.2, 0.25) is 0 Å².